The Kier molecular flexibility index (Phi) is 6.59. The zero-order valence-electron chi connectivity index (χ0n) is 14.8. The predicted molar refractivity (Wildman–Crippen MR) is 96.5 cm³/mol. The molecule has 1 heterocycles. The maximum Gasteiger partial charge on any atom is 0.303 e. The Morgan fingerprint density at radius 2 is 1.89 bits per heavy atom. The highest BCUT2D eigenvalue weighted by atomic mass is 32.2. The maximum atomic E-state index is 12.3. The number of carbonyl (C=O) groups is 2. The lowest BCUT2D eigenvalue weighted by Gasteiger charge is -2.07. The van der Waals surface area contributed by atoms with Gasteiger partial charge in [0.05, 0.1) is 12.2 Å². The largest absolute Gasteiger partial charge is 0.494 e. The molecule has 1 aromatic carbocycles. The van der Waals surface area contributed by atoms with E-state index in [1.165, 1.54) is 14.0 Å². The number of hydrogen-bond acceptors (Lipinski definition) is 6. The molecule has 2 aromatic rings. The van der Waals surface area contributed by atoms with Gasteiger partial charge in [-0.1, -0.05) is 0 Å². The standard InChI is InChI=1S/C17H20N2O7S/c1-11-14(10-16(26-11)27(23,24)18-2)17(22)19-12-5-7-13(8-6-12)25-9-3-4-15(20)21/h5-8,10,18H,3-4,9H2,1-2H3,(H,19,22)(H,20,21). The molecule has 2 rings (SSSR count). The van der Waals surface area contributed by atoms with Gasteiger partial charge in [0.25, 0.3) is 15.9 Å². The zero-order valence-corrected chi connectivity index (χ0v) is 15.6. The molecule has 0 aliphatic rings. The second kappa shape index (κ2) is 8.69. The lowest BCUT2D eigenvalue weighted by molar-refractivity contribution is -0.137. The molecule has 0 atom stereocenters. The molecule has 10 heteroatoms. The number of ether oxygens (including phenoxy) is 1. The number of aliphatic carboxylic acids is 1. The first kappa shape index (κ1) is 20.5. The predicted octanol–water partition coefficient (Wildman–Crippen LogP) is 1.99. The third kappa shape index (κ3) is 5.56. The quantitative estimate of drug-likeness (QED) is 0.552. The minimum Gasteiger partial charge on any atom is -0.494 e. The van der Waals surface area contributed by atoms with Crippen LogP contribution in [0.5, 0.6) is 5.75 Å². The number of carbonyl (C=O) groups excluding carboxylic acids is 1. The number of aryl methyl sites for hydroxylation is 1. The van der Waals surface area contributed by atoms with E-state index in [4.69, 9.17) is 14.3 Å². The molecule has 0 bridgehead atoms. The molecule has 0 aliphatic heterocycles. The van der Waals surface area contributed by atoms with Crippen LogP contribution in [-0.2, 0) is 14.8 Å². The van der Waals surface area contributed by atoms with Crippen molar-refractivity contribution in [1.82, 2.24) is 4.72 Å². The summed E-state index contributed by atoms with van der Waals surface area (Å²) in [5.74, 6) is -0.666. The van der Waals surface area contributed by atoms with Gasteiger partial charge in [0.1, 0.15) is 11.5 Å². The van der Waals surface area contributed by atoms with Crippen LogP contribution in [0.3, 0.4) is 0 Å². The summed E-state index contributed by atoms with van der Waals surface area (Å²) in [4.78, 5) is 22.8. The second-order valence-corrected chi connectivity index (χ2v) is 7.38. The van der Waals surface area contributed by atoms with Crippen molar-refractivity contribution in [3.05, 3.63) is 41.7 Å². The van der Waals surface area contributed by atoms with Gasteiger partial charge < -0.3 is 19.6 Å². The number of hydrogen-bond donors (Lipinski definition) is 3. The molecule has 1 amide bonds. The van der Waals surface area contributed by atoms with Crippen molar-refractivity contribution >= 4 is 27.6 Å². The van der Waals surface area contributed by atoms with E-state index < -0.39 is 21.9 Å². The molecule has 1 aromatic heterocycles. The number of sulfonamides is 1. The van der Waals surface area contributed by atoms with Crippen LogP contribution in [0.15, 0.2) is 39.8 Å². The van der Waals surface area contributed by atoms with Crippen LogP contribution in [0, 0.1) is 6.92 Å². The van der Waals surface area contributed by atoms with E-state index in [0.717, 1.165) is 6.07 Å². The number of furan rings is 1. The van der Waals surface area contributed by atoms with Crippen LogP contribution < -0.4 is 14.8 Å². The van der Waals surface area contributed by atoms with E-state index in [1.54, 1.807) is 24.3 Å². The second-order valence-electron chi connectivity index (χ2n) is 5.57. The van der Waals surface area contributed by atoms with Crippen molar-refractivity contribution in [3.8, 4) is 5.75 Å². The van der Waals surface area contributed by atoms with Crippen LogP contribution in [-0.4, -0.2) is 39.1 Å². The number of anilines is 1. The molecule has 0 aliphatic carbocycles. The number of nitrogens with one attached hydrogen (secondary N) is 2. The van der Waals surface area contributed by atoms with Gasteiger partial charge in [0, 0.05) is 18.2 Å². The van der Waals surface area contributed by atoms with Gasteiger partial charge in [-0.25, -0.2) is 13.1 Å². The highest BCUT2D eigenvalue weighted by Crippen LogP contribution is 2.21. The van der Waals surface area contributed by atoms with Crippen LogP contribution >= 0.6 is 0 Å². The average molecular weight is 396 g/mol. The van der Waals surface area contributed by atoms with Crippen molar-refractivity contribution in [2.45, 2.75) is 24.9 Å². The van der Waals surface area contributed by atoms with Gasteiger partial charge in [-0.15, -0.1) is 0 Å². The SMILES string of the molecule is CNS(=O)(=O)c1cc(C(=O)Nc2ccc(OCCCC(=O)O)cc2)c(C)o1. The molecule has 0 spiro atoms. The third-order valence-corrected chi connectivity index (χ3v) is 4.86. The molecule has 3 N–H and O–H groups in total. The number of carboxylic acid groups (broad SMARTS) is 1. The van der Waals surface area contributed by atoms with Crippen molar-refractivity contribution in [2.24, 2.45) is 0 Å². The van der Waals surface area contributed by atoms with Crippen LogP contribution in [0.25, 0.3) is 0 Å². The molecule has 0 unspecified atom stereocenters. The number of rotatable bonds is 9. The number of carboxylic acids is 1. The Labute approximate surface area is 156 Å². The molecule has 0 fully saturated rings. The van der Waals surface area contributed by atoms with E-state index >= 15 is 0 Å². The average Bonchev–Trinajstić information content (AvgIpc) is 3.02. The minimum absolute atomic E-state index is 0.0312. The van der Waals surface area contributed by atoms with Crippen molar-refractivity contribution < 1.29 is 32.3 Å². The Balaban J connectivity index is 1.99. The Morgan fingerprint density at radius 1 is 1.22 bits per heavy atom. The Hall–Kier alpha value is -2.85. The van der Waals surface area contributed by atoms with Gasteiger partial charge in [0.15, 0.2) is 0 Å². The molecule has 9 nitrogen and oxygen atoms in total. The Morgan fingerprint density at radius 3 is 2.48 bits per heavy atom. The minimum atomic E-state index is -3.78. The van der Waals surface area contributed by atoms with E-state index in [0.29, 0.717) is 17.9 Å². The summed E-state index contributed by atoms with van der Waals surface area (Å²) >= 11 is 0. The molecule has 0 saturated carbocycles. The number of amides is 1. The summed E-state index contributed by atoms with van der Waals surface area (Å²) in [5.41, 5.74) is 0.592. The smallest absolute Gasteiger partial charge is 0.303 e. The van der Waals surface area contributed by atoms with Crippen molar-refractivity contribution in [3.63, 3.8) is 0 Å². The van der Waals surface area contributed by atoms with Crippen molar-refractivity contribution in [2.75, 3.05) is 19.0 Å². The molecule has 27 heavy (non-hydrogen) atoms. The molecular weight excluding hydrogens is 376 g/mol. The molecule has 146 valence electrons. The summed E-state index contributed by atoms with van der Waals surface area (Å²) in [6, 6.07) is 7.66. The third-order valence-electron chi connectivity index (χ3n) is 3.59. The van der Waals surface area contributed by atoms with Gasteiger partial charge in [-0.3, -0.25) is 9.59 Å². The first-order valence-corrected chi connectivity index (χ1v) is 9.51. The van der Waals surface area contributed by atoms with Gasteiger partial charge in [-0.2, -0.15) is 0 Å². The normalized spacial score (nSPS) is 11.2. The highest BCUT2D eigenvalue weighted by Gasteiger charge is 2.22. The van der Waals surface area contributed by atoms with E-state index in [-0.39, 0.29) is 29.4 Å². The lowest BCUT2D eigenvalue weighted by atomic mass is 10.2. The van der Waals surface area contributed by atoms with Crippen LogP contribution in [0.4, 0.5) is 5.69 Å². The van der Waals surface area contributed by atoms with E-state index in [2.05, 4.69) is 10.0 Å². The topological polar surface area (TPSA) is 135 Å². The van der Waals surface area contributed by atoms with Crippen molar-refractivity contribution in [1.29, 1.82) is 0 Å². The fourth-order valence-electron chi connectivity index (χ4n) is 2.16. The summed E-state index contributed by atoms with van der Waals surface area (Å²) in [7, 11) is -2.53. The van der Waals surface area contributed by atoms with Gasteiger partial charge in [-0.05, 0) is 44.7 Å². The highest BCUT2D eigenvalue weighted by molar-refractivity contribution is 7.89. The lowest BCUT2D eigenvalue weighted by Crippen LogP contribution is -2.18. The van der Waals surface area contributed by atoms with E-state index in [9.17, 15) is 18.0 Å². The molecule has 0 radical (unpaired) electrons. The summed E-state index contributed by atoms with van der Waals surface area (Å²) in [6.07, 6.45) is 0.425. The first-order chi connectivity index (χ1) is 12.7. The zero-order chi connectivity index (χ0) is 20.0. The molecular formula is C17H20N2O7S. The van der Waals surface area contributed by atoms with Gasteiger partial charge in [0.2, 0.25) is 5.09 Å². The van der Waals surface area contributed by atoms with Crippen LogP contribution in [0.1, 0.15) is 29.0 Å². The van der Waals surface area contributed by atoms with Crippen LogP contribution in [0.2, 0.25) is 0 Å². The fourth-order valence-corrected chi connectivity index (χ4v) is 2.87. The monoisotopic (exact) mass is 396 g/mol. The number of benzene rings is 1. The maximum absolute atomic E-state index is 12.3. The molecule has 0 saturated heterocycles. The fraction of sp³-hybridized carbons (Fsp3) is 0.294. The summed E-state index contributed by atoms with van der Waals surface area (Å²) < 4.78 is 36.2. The van der Waals surface area contributed by atoms with E-state index in [1.807, 2.05) is 0 Å². The van der Waals surface area contributed by atoms with Gasteiger partial charge >= 0.3 is 5.97 Å². The summed E-state index contributed by atoms with van der Waals surface area (Å²) in [6.45, 7) is 1.77. The first-order valence-electron chi connectivity index (χ1n) is 8.03. The Bertz CT molecular complexity index is 917. The summed E-state index contributed by atoms with van der Waals surface area (Å²) in [5, 5.41) is 10.9.